The smallest absolute Gasteiger partial charge is 0.219 e. The molecule has 0 aromatic carbocycles. The summed E-state index contributed by atoms with van der Waals surface area (Å²) < 4.78 is 0. The lowest BCUT2D eigenvalue weighted by molar-refractivity contribution is -0.129. The first-order valence-corrected chi connectivity index (χ1v) is 6.88. The summed E-state index contributed by atoms with van der Waals surface area (Å²) in [6.07, 6.45) is 2.05. The Labute approximate surface area is 104 Å². The van der Waals surface area contributed by atoms with Crippen molar-refractivity contribution < 1.29 is 4.79 Å². The van der Waals surface area contributed by atoms with Gasteiger partial charge in [-0.15, -0.1) is 22.9 Å². The van der Waals surface area contributed by atoms with Crippen LogP contribution in [0, 0.1) is 0 Å². The van der Waals surface area contributed by atoms with Crippen LogP contribution in [0.3, 0.4) is 0 Å². The zero-order valence-electron chi connectivity index (χ0n) is 9.28. The molecule has 0 unspecified atom stereocenters. The van der Waals surface area contributed by atoms with Crippen molar-refractivity contribution in [2.45, 2.75) is 31.6 Å². The molecular weight excluding hydrogens is 244 g/mol. The number of alkyl halides is 1. The van der Waals surface area contributed by atoms with E-state index in [1.165, 1.54) is 5.01 Å². The van der Waals surface area contributed by atoms with E-state index in [0.29, 0.717) is 11.8 Å². The summed E-state index contributed by atoms with van der Waals surface area (Å²) in [4.78, 5) is 17.6. The maximum Gasteiger partial charge on any atom is 0.219 e. The third kappa shape index (κ3) is 2.55. The quantitative estimate of drug-likeness (QED) is 0.764. The molecule has 0 bridgehead atoms. The summed E-state index contributed by atoms with van der Waals surface area (Å²) in [6, 6.07) is 0. The third-order valence-electron chi connectivity index (χ3n) is 3.00. The maximum absolute atomic E-state index is 11.2. The molecule has 3 nitrogen and oxygen atoms in total. The highest BCUT2D eigenvalue weighted by Crippen LogP contribution is 2.30. The van der Waals surface area contributed by atoms with Crippen LogP contribution in [0.5, 0.6) is 0 Å². The van der Waals surface area contributed by atoms with E-state index < -0.39 is 0 Å². The van der Waals surface area contributed by atoms with Crippen molar-refractivity contribution in [3.63, 3.8) is 0 Å². The Bertz CT molecular complexity index is 372. The summed E-state index contributed by atoms with van der Waals surface area (Å²) in [5.41, 5.74) is 0.968. The molecule has 16 heavy (non-hydrogen) atoms. The van der Waals surface area contributed by atoms with Crippen LogP contribution in [0.15, 0.2) is 5.38 Å². The van der Waals surface area contributed by atoms with Gasteiger partial charge in [0.15, 0.2) is 0 Å². The average molecular weight is 259 g/mol. The van der Waals surface area contributed by atoms with E-state index in [-0.39, 0.29) is 5.91 Å². The minimum absolute atomic E-state index is 0.180. The second-order valence-electron chi connectivity index (χ2n) is 4.09. The minimum Gasteiger partial charge on any atom is -0.343 e. The van der Waals surface area contributed by atoms with Crippen molar-refractivity contribution in [2.24, 2.45) is 0 Å². The Kier molecular flexibility index (Phi) is 3.82. The molecule has 0 atom stereocenters. The van der Waals surface area contributed by atoms with Gasteiger partial charge in [-0.25, -0.2) is 4.98 Å². The summed E-state index contributed by atoms with van der Waals surface area (Å²) in [5.74, 6) is 1.18. The van der Waals surface area contributed by atoms with Gasteiger partial charge in [-0.2, -0.15) is 0 Å². The van der Waals surface area contributed by atoms with Crippen LogP contribution in [-0.2, 0) is 10.7 Å². The second kappa shape index (κ2) is 5.15. The number of hydrogen-bond acceptors (Lipinski definition) is 3. The van der Waals surface area contributed by atoms with Gasteiger partial charge in [-0.1, -0.05) is 0 Å². The van der Waals surface area contributed by atoms with Crippen molar-refractivity contribution in [1.82, 2.24) is 9.88 Å². The van der Waals surface area contributed by atoms with Crippen molar-refractivity contribution >= 4 is 28.8 Å². The Morgan fingerprint density at radius 2 is 2.31 bits per heavy atom. The summed E-state index contributed by atoms with van der Waals surface area (Å²) in [6.45, 7) is 3.35. The number of likely N-dealkylation sites (tertiary alicyclic amines) is 1. The largest absolute Gasteiger partial charge is 0.343 e. The molecule has 1 aliphatic heterocycles. The molecule has 0 aliphatic carbocycles. The van der Waals surface area contributed by atoms with E-state index in [9.17, 15) is 4.79 Å². The Morgan fingerprint density at radius 3 is 2.81 bits per heavy atom. The third-order valence-corrected chi connectivity index (χ3v) is 4.33. The van der Waals surface area contributed by atoms with Gasteiger partial charge in [0.1, 0.15) is 0 Å². The van der Waals surface area contributed by atoms with Gasteiger partial charge in [0.2, 0.25) is 5.91 Å². The molecule has 88 valence electrons. The number of nitrogens with zero attached hydrogens (tertiary/aromatic N) is 2. The molecule has 0 N–H and O–H groups in total. The molecule has 0 radical (unpaired) electrons. The number of piperidine rings is 1. The second-order valence-corrected chi connectivity index (χ2v) is 5.25. The number of aromatic nitrogens is 1. The first-order chi connectivity index (χ1) is 7.70. The minimum atomic E-state index is 0.180. The zero-order valence-corrected chi connectivity index (χ0v) is 10.9. The molecule has 5 heteroatoms. The van der Waals surface area contributed by atoms with Gasteiger partial charge in [0, 0.05) is 31.3 Å². The van der Waals surface area contributed by atoms with Gasteiger partial charge in [-0.05, 0) is 12.8 Å². The lowest BCUT2D eigenvalue weighted by Gasteiger charge is -2.30. The number of carbonyl (C=O) groups is 1. The molecule has 1 fully saturated rings. The Morgan fingerprint density at radius 1 is 1.62 bits per heavy atom. The fraction of sp³-hybridized carbons (Fsp3) is 0.636. The van der Waals surface area contributed by atoms with Gasteiger partial charge < -0.3 is 4.90 Å². The van der Waals surface area contributed by atoms with E-state index >= 15 is 0 Å². The molecule has 1 aliphatic rings. The molecule has 0 spiro atoms. The van der Waals surface area contributed by atoms with Crippen LogP contribution >= 0.6 is 22.9 Å². The number of hydrogen-bond donors (Lipinski definition) is 0. The number of carbonyl (C=O) groups excluding carboxylic acids is 1. The predicted octanol–water partition coefficient (Wildman–Crippen LogP) is 2.61. The number of rotatable bonds is 2. The van der Waals surface area contributed by atoms with Crippen molar-refractivity contribution in [1.29, 1.82) is 0 Å². The van der Waals surface area contributed by atoms with Crippen LogP contribution in [0.1, 0.15) is 36.4 Å². The molecule has 1 aromatic rings. The van der Waals surface area contributed by atoms with Crippen LogP contribution < -0.4 is 0 Å². The van der Waals surface area contributed by atoms with Crippen LogP contribution in [0.25, 0.3) is 0 Å². The van der Waals surface area contributed by atoms with Gasteiger partial charge in [0.05, 0.1) is 16.6 Å². The molecule has 1 amide bonds. The predicted molar refractivity (Wildman–Crippen MR) is 65.9 cm³/mol. The van der Waals surface area contributed by atoms with E-state index in [2.05, 4.69) is 4.98 Å². The Hall–Kier alpha value is -0.610. The van der Waals surface area contributed by atoms with Crippen molar-refractivity contribution in [3.8, 4) is 0 Å². The summed E-state index contributed by atoms with van der Waals surface area (Å²) >= 11 is 7.43. The van der Waals surface area contributed by atoms with E-state index in [4.69, 9.17) is 11.6 Å². The molecule has 1 saturated heterocycles. The Balaban J connectivity index is 1.96. The van der Waals surface area contributed by atoms with Crippen LogP contribution in [0.4, 0.5) is 0 Å². The SMILES string of the molecule is CC(=O)N1CCC(c2nc(CCl)cs2)CC1. The van der Waals surface area contributed by atoms with E-state index in [0.717, 1.165) is 31.6 Å². The van der Waals surface area contributed by atoms with E-state index in [1.54, 1.807) is 18.3 Å². The van der Waals surface area contributed by atoms with Gasteiger partial charge in [0.25, 0.3) is 0 Å². The van der Waals surface area contributed by atoms with Crippen molar-refractivity contribution in [3.05, 3.63) is 16.1 Å². The standard InChI is InChI=1S/C11H15ClN2OS/c1-8(15)14-4-2-9(3-5-14)11-13-10(6-12)7-16-11/h7,9H,2-6H2,1H3. The van der Waals surface area contributed by atoms with Gasteiger partial charge >= 0.3 is 0 Å². The lowest BCUT2D eigenvalue weighted by atomic mass is 9.97. The maximum atomic E-state index is 11.2. The number of halogens is 1. The summed E-state index contributed by atoms with van der Waals surface area (Å²) in [5, 5.41) is 3.21. The molecular formula is C11H15ClN2OS. The highest BCUT2D eigenvalue weighted by atomic mass is 35.5. The monoisotopic (exact) mass is 258 g/mol. The highest BCUT2D eigenvalue weighted by molar-refractivity contribution is 7.09. The topological polar surface area (TPSA) is 33.2 Å². The molecule has 2 rings (SSSR count). The molecule has 0 saturated carbocycles. The lowest BCUT2D eigenvalue weighted by Crippen LogP contribution is -2.36. The number of thiazole rings is 1. The van der Waals surface area contributed by atoms with Crippen molar-refractivity contribution in [2.75, 3.05) is 13.1 Å². The fourth-order valence-corrected chi connectivity index (χ4v) is 3.23. The van der Waals surface area contributed by atoms with E-state index in [1.807, 2.05) is 10.3 Å². The molecule has 1 aromatic heterocycles. The fourth-order valence-electron chi connectivity index (χ4n) is 2.01. The highest BCUT2D eigenvalue weighted by Gasteiger charge is 2.23. The van der Waals surface area contributed by atoms with Crippen LogP contribution in [0.2, 0.25) is 0 Å². The van der Waals surface area contributed by atoms with Crippen LogP contribution in [-0.4, -0.2) is 28.9 Å². The van der Waals surface area contributed by atoms with Gasteiger partial charge in [-0.3, -0.25) is 4.79 Å². The summed E-state index contributed by atoms with van der Waals surface area (Å²) in [7, 11) is 0. The molecule has 2 heterocycles. The normalized spacial score (nSPS) is 17.8. The average Bonchev–Trinajstić information content (AvgIpc) is 2.77. The first kappa shape index (κ1) is 11.9. The number of amides is 1. The first-order valence-electron chi connectivity index (χ1n) is 5.46. The zero-order chi connectivity index (χ0) is 11.5.